The Labute approximate surface area is 99.9 Å². The summed E-state index contributed by atoms with van der Waals surface area (Å²) in [6.07, 6.45) is 2.08. The van der Waals surface area contributed by atoms with Crippen molar-refractivity contribution in [1.82, 2.24) is 5.32 Å². The van der Waals surface area contributed by atoms with Crippen LogP contribution in [0.4, 0.5) is 4.39 Å². The molecule has 4 heteroatoms. The lowest BCUT2D eigenvalue weighted by Gasteiger charge is -2.28. The molecule has 1 aromatic carbocycles. The van der Waals surface area contributed by atoms with Crippen LogP contribution in [-0.2, 0) is 11.3 Å². The maximum Gasteiger partial charge on any atom is 0.189 e. The van der Waals surface area contributed by atoms with Crippen LogP contribution in [0.25, 0.3) is 0 Å². The maximum absolute atomic E-state index is 13.6. The molecule has 0 amide bonds. The van der Waals surface area contributed by atoms with Gasteiger partial charge in [0.05, 0.1) is 6.61 Å². The minimum absolute atomic E-state index is 0.189. The normalized spacial score (nSPS) is 20.8. The zero-order chi connectivity index (χ0) is 11.7. The summed E-state index contributed by atoms with van der Waals surface area (Å²) in [7, 11) is 0. The van der Waals surface area contributed by atoms with Gasteiger partial charge in [-0.2, -0.15) is 0 Å². The fraction of sp³-hybridized carbons (Fsp3) is 0.538. The van der Waals surface area contributed by atoms with Crippen LogP contribution in [0.5, 0.6) is 5.75 Å². The molecule has 0 spiro atoms. The first-order chi connectivity index (χ1) is 8.34. The molecule has 2 heterocycles. The average Bonchev–Trinajstić information content (AvgIpc) is 2.39. The van der Waals surface area contributed by atoms with Crippen LogP contribution in [-0.4, -0.2) is 19.9 Å². The number of fused-ring (bicyclic) bond motifs is 1. The summed E-state index contributed by atoms with van der Waals surface area (Å²) < 4.78 is 24.3. The van der Waals surface area contributed by atoms with E-state index in [4.69, 9.17) is 9.47 Å². The summed E-state index contributed by atoms with van der Waals surface area (Å²) in [6, 6.07) is 3.14. The lowest BCUT2D eigenvalue weighted by atomic mass is 9.88. The molecule has 3 nitrogen and oxygen atoms in total. The number of nitrogens with one attached hydrogen (secondary N) is 1. The zero-order valence-electron chi connectivity index (χ0n) is 9.67. The molecule has 2 aliphatic rings. The van der Waals surface area contributed by atoms with Crippen molar-refractivity contribution in [1.29, 1.82) is 0 Å². The molecular weight excluding hydrogens is 221 g/mol. The van der Waals surface area contributed by atoms with E-state index in [1.54, 1.807) is 6.07 Å². The monoisotopic (exact) mass is 237 g/mol. The van der Waals surface area contributed by atoms with Crippen LogP contribution in [0.15, 0.2) is 12.1 Å². The van der Waals surface area contributed by atoms with Gasteiger partial charge in [0.1, 0.15) is 11.6 Å². The molecule has 17 heavy (non-hydrogen) atoms. The van der Waals surface area contributed by atoms with Crippen molar-refractivity contribution in [2.75, 3.05) is 19.9 Å². The Morgan fingerprint density at radius 1 is 1.24 bits per heavy atom. The van der Waals surface area contributed by atoms with Gasteiger partial charge in [0.2, 0.25) is 0 Å². The van der Waals surface area contributed by atoms with Crippen LogP contribution in [0.3, 0.4) is 0 Å². The Bertz CT molecular complexity index is 416. The molecule has 0 aliphatic carbocycles. The Hall–Kier alpha value is -1.13. The highest BCUT2D eigenvalue weighted by atomic mass is 19.1. The molecule has 92 valence electrons. The minimum Gasteiger partial charge on any atom is -0.467 e. The third kappa shape index (κ3) is 2.15. The highest BCUT2D eigenvalue weighted by Crippen LogP contribution is 2.37. The molecule has 0 unspecified atom stereocenters. The molecule has 0 aromatic heterocycles. The molecule has 2 aliphatic heterocycles. The summed E-state index contributed by atoms with van der Waals surface area (Å²) in [4.78, 5) is 0. The van der Waals surface area contributed by atoms with Crippen molar-refractivity contribution in [3.05, 3.63) is 29.1 Å². The molecular formula is C13H16FNO2. The number of piperidine rings is 1. The van der Waals surface area contributed by atoms with Crippen molar-refractivity contribution in [3.8, 4) is 5.75 Å². The zero-order valence-corrected chi connectivity index (χ0v) is 9.67. The van der Waals surface area contributed by atoms with E-state index >= 15 is 0 Å². The van der Waals surface area contributed by atoms with Crippen molar-refractivity contribution < 1.29 is 13.9 Å². The molecule has 0 saturated carbocycles. The number of benzene rings is 1. The van der Waals surface area contributed by atoms with Gasteiger partial charge in [-0.1, -0.05) is 0 Å². The summed E-state index contributed by atoms with van der Waals surface area (Å²) in [6.45, 7) is 2.71. The number of halogens is 1. The molecule has 0 radical (unpaired) electrons. The lowest BCUT2D eigenvalue weighted by molar-refractivity contribution is -0.0176. The van der Waals surface area contributed by atoms with Gasteiger partial charge in [0, 0.05) is 11.1 Å². The summed E-state index contributed by atoms with van der Waals surface area (Å²) in [5.74, 6) is 1.06. The van der Waals surface area contributed by atoms with Crippen LogP contribution in [0.1, 0.15) is 29.9 Å². The Morgan fingerprint density at radius 2 is 2.06 bits per heavy atom. The first-order valence-corrected chi connectivity index (χ1v) is 6.08. The van der Waals surface area contributed by atoms with Gasteiger partial charge in [-0.3, -0.25) is 0 Å². The van der Waals surface area contributed by atoms with Gasteiger partial charge in [0.25, 0.3) is 0 Å². The predicted molar refractivity (Wildman–Crippen MR) is 61.5 cm³/mol. The van der Waals surface area contributed by atoms with E-state index in [-0.39, 0.29) is 12.6 Å². The quantitative estimate of drug-likeness (QED) is 0.812. The first kappa shape index (κ1) is 11.0. The van der Waals surface area contributed by atoms with Gasteiger partial charge in [-0.25, -0.2) is 4.39 Å². The molecule has 1 N–H and O–H groups in total. The highest BCUT2D eigenvalue weighted by molar-refractivity contribution is 5.44. The molecule has 1 saturated heterocycles. The molecule has 3 rings (SSSR count). The van der Waals surface area contributed by atoms with Gasteiger partial charge >= 0.3 is 0 Å². The number of ether oxygens (including phenoxy) is 2. The van der Waals surface area contributed by atoms with Gasteiger partial charge in [0.15, 0.2) is 6.79 Å². The first-order valence-electron chi connectivity index (χ1n) is 6.08. The Kier molecular flexibility index (Phi) is 2.99. The molecule has 1 aromatic rings. The van der Waals surface area contributed by atoms with Gasteiger partial charge in [-0.05, 0) is 44.0 Å². The maximum atomic E-state index is 13.6. The molecule has 0 atom stereocenters. The Balaban J connectivity index is 1.98. The summed E-state index contributed by atoms with van der Waals surface area (Å²) in [5, 5.41) is 3.32. The number of hydrogen-bond acceptors (Lipinski definition) is 3. The van der Waals surface area contributed by atoms with Gasteiger partial charge < -0.3 is 14.8 Å². The second-order valence-corrected chi connectivity index (χ2v) is 4.62. The van der Waals surface area contributed by atoms with Crippen molar-refractivity contribution in [2.24, 2.45) is 0 Å². The van der Waals surface area contributed by atoms with E-state index in [0.29, 0.717) is 12.5 Å². The third-order valence-electron chi connectivity index (χ3n) is 3.48. The van der Waals surface area contributed by atoms with Crippen LogP contribution in [0.2, 0.25) is 0 Å². The van der Waals surface area contributed by atoms with E-state index in [9.17, 15) is 4.39 Å². The largest absolute Gasteiger partial charge is 0.467 e. The minimum atomic E-state index is -0.189. The average molecular weight is 237 g/mol. The SMILES string of the molecule is Fc1cc2c(c(C3CCNCC3)c1)OCOC2. The highest BCUT2D eigenvalue weighted by Gasteiger charge is 2.24. The standard InChI is InChI=1S/C13H16FNO2/c14-11-5-10-7-16-8-17-13(10)12(6-11)9-1-3-15-4-2-9/h5-6,9,15H,1-4,7-8H2. The van der Waals surface area contributed by atoms with Gasteiger partial charge in [-0.15, -0.1) is 0 Å². The summed E-state index contributed by atoms with van der Waals surface area (Å²) >= 11 is 0. The topological polar surface area (TPSA) is 30.5 Å². The fourth-order valence-electron chi connectivity index (χ4n) is 2.64. The van der Waals surface area contributed by atoms with Crippen molar-refractivity contribution >= 4 is 0 Å². The van der Waals surface area contributed by atoms with E-state index in [0.717, 1.165) is 42.8 Å². The fourth-order valence-corrected chi connectivity index (χ4v) is 2.64. The van der Waals surface area contributed by atoms with Crippen LogP contribution >= 0.6 is 0 Å². The van der Waals surface area contributed by atoms with E-state index in [1.165, 1.54) is 6.07 Å². The van der Waals surface area contributed by atoms with E-state index in [2.05, 4.69) is 5.32 Å². The van der Waals surface area contributed by atoms with Crippen molar-refractivity contribution in [2.45, 2.75) is 25.4 Å². The number of hydrogen-bond donors (Lipinski definition) is 1. The predicted octanol–water partition coefficient (Wildman–Crippen LogP) is 2.16. The van der Waals surface area contributed by atoms with E-state index in [1.807, 2.05) is 0 Å². The second-order valence-electron chi connectivity index (χ2n) is 4.62. The molecule has 0 bridgehead atoms. The smallest absolute Gasteiger partial charge is 0.189 e. The molecule has 1 fully saturated rings. The van der Waals surface area contributed by atoms with Crippen LogP contribution < -0.4 is 10.1 Å². The van der Waals surface area contributed by atoms with Crippen LogP contribution in [0, 0.1) is 5.82 Å². The third-order valence-corrected chi connectivity index (χ3v) is 3.48. The second kappa shape index (κ2) is 4.63. The number of rotatable bonds is 1. The van der Waals surface area contributed by atoms with E-state index < -0.39 is 0 Å². The lowest BCUT2D eigenvalue weighted by Crippen LogP contribution is -2.27. The Morgan fingerprint density at radius 3 is 2.88 bits per heavy atom. The summed E-state index contributed by atoms with van der Waals surface area (Å²) in [5.41, 5.74) is 1.86. The van der Waals surface area contributed by atoms with Crippen molar-refractivity contribution in [3.63, 3.8) is 0 Å².